The van der Waals surface area contributed by atoms with Crippen LogP contribution in [0, 0.1) is 11.8 Å². The average molecular weight is 265 g/mol. The Balaban J connectivity index is 1.56. The van der Waals surface area contributed by atoms with Gasteiger partial charge in [0.25, 0.3) is 0 Å². The van der Waals surface area contributed by atoms with Crippen molar-refractivity contribution in [3.63, 3.8) is 0 Å². The number of hydrogen-bond acceptors (Lipinski definition) is 3. The van der Waals surface area contributed by atoms with Crippen LogP contribution in [0.25, 0.3) is 0 Å². The molecule has 0 aromatic heterocycles. The topological polar surface area (TPSA) is 18.5 Å². The summed E-state index contributed by atoms with van der Waals surface area (Å²) >= 11 is 0. The second kappa shape index (κ2) is 5.71. The quantitative estimate of drug-likeness (QED) is 0.839. The van der Waals surface area contributed by atoms with Gasteiger partial charge < -0.3 is 15.1 Å². The van der Waals surface area contributed by atoms with Crippen LogP contribution in [0.3, 0.4) is 0 Å². The third-order valence-electron chi connectivity index (χ3n) is 5.45. The molecule has 2 atom stereocenters. The van der Waals surface area contributed by atoms with Crippen molar-refractivity contribution in [2.75, 3.05) is 46.3 Å². The molecule has 1 aliphatic carbocycles. The summed E-state index contributed by atoms with van der Waals surface area (Å²) in [6, 6.07) is 0. The zero-order chi connectivity index (χ0) is 13.3. The molecule has 3 fully saturated rings. The van der Waals surface area contributed by atoms with Crippen molar-refractivity contribution in [3.8, 4) is 0 Å². The van der Waals surface area contributed by atoms with E-state index in [1.54, 1.807) is 0 Å². The third kappa shape index (κ3) is 3.50. The largest absolute Gasteiger partial charge is 0.310 e. The molecule has 1 N–H and O–H groups in total. The molecule has 0 spiro atoms. The van der Waals surface area contributed by atoms with Crippen molar-refractivity contribution < 1.29 is 0 Å². The van der Waals surface area contributed by atoms with Crippen molar-refractivity contribution in [2.24, 2.45) is 11.8 Å². The molecular formula is C16H31N3. The fourth-order valence-electron chi connectivity index (χ4n) is 4.21. The number of likely N-dealkylation sites (tertiary alicyclic amines) is 1. The van der Waals surface area contributed by atoms with Crippen LogP contribution in [-0.2, 0) is 0 Å². The molecule has 2 heterocycles. The lowest BCUT2D eigenvalue weighted by Gasteiger charge is -2.37. The zero-order valence-corrected chi connectivity index (χ0v) is 12.8. The van der Waals surface area contributed by atoms with E-state index in [9.17, 15) is 0 Å². The van der Waals surface area contributed by atoms with E-state index in [2.05, 4.69) is 29.1 Å². The summed E-state index contributed by atoms with van der Waals surface area (Å²) < 4.78 is 0. The summed E-state index contributed by atoms with van der Waals surface area (Å²) in [4.78, 5) is 5.28. The highest BCUT2D eigenvalue weighted by Gasteiger charge is 2.43. The van der Waals surface area contributed by atoms with Crippen molar-refractivity contribution in [1.29, 1.82) is 0 Å². The predicted molar refractivity (Wildman–Crippen MR) is 80.4 cm³/mol. The van der Waals surface area contributed by atoms with E-state index in [0.717, 1.165) is 11.8 Å². The number of piperidine rings is 1. The summed E-state index contributed by atoms with van der Waals surface area (Å²) in [5, 5.41) is 3.84. The maximum atomic E-state index is 3.84. The van der Waals surface area contributed by atoms with Gasteiger partial charge in [0.05, 0.1) is 0 Å². The van der Waals surface area contributed by atoms with Crippen LogP contribution >= 0.6 is 0 Å². The minimum atomic E-state index is 0.400. The van der Waals surface area contributed by atoms with E-state index in [4.69, 9.17) is 0 Å². The monoisotopic (exact) mass is 265 g/mol. The van der Waals surface area contributed by atoms with Gasteiger partial charge in [-0.1, -0.05) is 0 Å². The van der Waals surface area contributed by atoms with Gasteiger partial charge >= 0.3 is 0 Å². The van der Waals surface area contributed by atoms with Gasteiger partial charge in [-0.2, -0.15) is 0 Å². The van der Waals surface area contributed by atoms with Crippen LogP contribution < -0.4 is 5.32 Å². The first-order valence-corrected chi connectivity index (χ1v) is 8.32. The van der Waals surface area contributed by atoms with E-state index >= 15 is 0 Å². The van der Waals surface area contributed by atoms with Gasteiger partial charge in [-0.25, -0.2) is 0 Å². The molecule has 2 aliphatic heterocycles. The van der Waals surface area contributed by atoms with Gasteiger partial charge in [-0.05, 0) is 77.5 Å². The van der Waals surface area contributed by atoms with Gasteiger partial charge in [0, 0.05) is 25.2 Å². The molecule has 3 rings (SSSR count). The maximum Gasteiger partial charge on any atom is 0.0308 e. The van der Waals surface area contributed by atoms with Crippen LogP contribution in [0.1, 0.15) is 39.0 Å². The van der Waals surface area contributed by atoms with Crippen molar-refractivity contribution >= 4 is 0 Å². The van der Waals surface area contributed by atoms with Crippen LogP contribution in [-0.4, -0.2) is 61.7 Å². The van der Waals surface area contributed by atoms with Crippen LogP contribution in [0.2, 0.25) is 0 Å². The Morgan fingerprint density at radius 1 is 1.16 bits per heavy atom. The minimum Gasteiger partial charge on any atom is -0.310 e. The molecule has 19 heavy (non-hydrogen) atoms. The fourth-order valence-corrected chi connectivity index (χ4v) is 4.21. The highest BCUT2D eigenvalue weighted by atomic mass is 15.2. The van der Waals surface area contributed by atoms with Crippen molar-refractivity contribution in [1.82, 2.24) is 15.1 Å². The molecule has 3 nitrogen and oxygen atoms in total. The van der Waals surface area contributed by atoms with Crippen molar-refractivity contribution in [3.05, 3.63) is 0 Å². The van der Waals surface area contributed by atoms with E-state index in [1.165, 1.54) is 71.4 Å². The number of nitrogens with one attached hydrogen (secondary N) is 1. The first kappa shape index (κ1) is 13.8. The lowest BCUT2D eigenvalue weighted by atomic mass is 9.93. The van der Waals surface area contributed by atoms with Gasteiger partial charge in [0.1, 0.15) is 0 Å². The van der Waals surface area contributed by atoms with Crippen LogP contribution in [0.4, 0.5) is 0 Å². The first-order valence-electron chi connectivity index (χ1n) is 8.32. The Morgan fingerprint density at radius 3 is 2.74 bits per heavy atom. The van der Waals surface area contributed by atoms with Gasteiger partial charge in [-0.3, -0.25) is 0 Å². The van der Waals surface area contributed by atoms with Crippen molar-refractivity contribution in [2.45, 2.75) is 44.6 Å². The lowest BCUT2D eigenvalue weighted by molar-refractivity contribution is 0.132. The molecule has 3 aliphatic rings. The minimum absolute atomic E-state index is 0.400. The van der Waals surface area contributed by atoms with E-state index < -0.39 is 0 Å². The summed E-state index contributed by atoms with van der Waals surface area (Å²) in [7, 11) is 2.28. The average Bonchev–Trinajstić information content (AvgIpc) is 3.17. The van der Waals surface area contributed by atoms with Crippen LogP contribution in [0.15, 0.2) is 0 Å². The lowest BCUT2D eigenvalue weighted by Crippen LogP contribution is -2.52. The fraction of sp³-hybridized carbons (Fsp3) is 1.00. The van der Waals surface area contributed by atoms with E-state index in [1.807, 2.05) is 0 Å². The Bertz CT molecular complexity index is 302. The Kier molecular flexibility index (Phi) is 4.16. The highest BCUT2D eigenvalue weighted by molar-refractivity contribution is 5.01. The number of hydrogen-bond donors (Lipinski definition) is 1. The second-order valence-corrected chi connectivity index (χ2v) is 7.48. The highest BCUT2D eigenvalue weighted by Crippen LogP contribution is 2.40. The van der Waals surface area contributed by atoms with Gasteiger partial charge in [-0.15, -0.1) is 0 Å². The zero-order valence-electron chi connectivity index (χ0n) is 12.8. The molecular weight excluding hydrogens is 234 g/mol. The molecule has 1 saturated carbocycles. The van der Waals surface area contributed by atoms with Gasteiger partial charge in [0.2, 0.25) is 0 Å². The standard InChI is InChI=1S/C16H31N3/c1-16(15-6-7-15)13-19(10-4-8-17-16)12-14-5-3-9-18(2)11-14/h14-15,17H,3-13H2,1-2H3. The molecule has 0 amide bonds. The van der Waals surface area contributed by atoms with E-state index in [-0.39, 0.29) is 0 Å². The second-order valence-electron chi connectivity index (χ2n) is 7.48. The molecule has 110 valence electrons. The number of rotatable bonds is 3. The molecule has 2 unspecified atom stereocenters. The smallest absolute Gasteiger partial charge is 0.0308 e. The summed E-state index contributed by atoms with van der Waals surface area (Å²) in [6.07, 6.45) is 7.06. The molecule has 0 aromatic rings. The molecule has 0 aromatic carbocycles. The molecule has 0 radical (unpaired) electrons. The van der Waals surface area contributed by atoms with Crippen LogP contribution in [0.5, 0.6) is 0 Å². The Labute approximate surface area is 118 Å². The molecule has 0 bridgehead atoms. The van der Waals surface area contributed by atoms with E-state index in [0.29, 0.717) is 5.54 Å². The van der Waals surface area contributed by atoms with Gasteiger partial charge in [0.15, 0.2) is 0 Å². The number of nitrogens with zero attached hydrogens (tertiary/aromatic N) is 2. The first-order chi connectivity index (χ1) is 9.16. The summed E-state index contributed by atoms with van der Waals surface area (Å²) in [5.41, 5.74) is 0.400. The molecule has 3 heteroatoms. The normalized spacial score (nSPS) is 39.2. The molecule has 2 saturated heterocycles. The predicted octanol–water partition coefficient (Wildman–Crippen LogP) is 1.79. The Morgan fingerprint density at radius 2 is 2.00 bits per heavy atom. The SMILES string of the molecule is CN1CCCC(CN2CCCNC(C)(C3CC3)C2)C1. The summed E-state index contributed by atoms with van der Waals surface area (Å²) in [5.74, 6) is 1.85. The maximum absolute atomic E-state index is 3.84. The third-order valence-corrected chi connectivity index (χ3v) is 5.45. The summed E-state index contributed by atoms with van der Waals surface area (Å²) in [6.45, 7) is 10.2. The Hall–Kier alpha value is -0.120.